The summed E-state index contributed by atoms with van der Waals surface area (Å²) in [6.45, 7) is 3.80. The van der Waals surface area contributed by atoms with E-state index in [1.54, 1.807) is 16.2 Å². The summed E-state index contributed by atoms with van der Waals surface area (Å²) in [6.07, 6.45) is 0. The van der Waals surface area contributed by atoms with Gasteiger partial charge in [0.2, 0.25) is 11.8 Å². The summed E-state index contributed by atoms with van der Waals surface area (Å²) < 4.78 is 0.800. The van der Waals surface area contributed by atoms with E-state index >= 15 is 0 Å². The molecule has 6 nitrogen and oxygen atoms in total. The van der Waals surface area contributed by atoms with Crippen LogP contribution in [0.3, 0.4) is 0 Å². The van der Waals surface area contributed by atoms with Crippen molar-refractivity contribution >= 4 is 34.8 Å². The Labute approximate surface area is 132 Å². The Morgan fingerprint density at radius 1 is 1.29 bits per heavy atom. The maximum atomic E-state index is 11.9. The molecule has 1 saturated heterocycles. The van der Waals surface area contributed by atoms with E-state index in [0.717, 1.165) is 24.0 Å². The first-order valence-electron chi connectivity index (χ1n) is 6.79. The van der Waals surface area contributed by atoms with Crippen LogP contribution in [0.15, 0.2) is 12.1 Å². The summed E-state index contributed by atoms with van der Waals surface area (Å²) >= 11 is 7.51. The smallest absolute Gasteiger partial charge is 0.242 e. The Morgan fingerprint density at radius 2 is 2.00 bits per heavy atom. The third-order valence-electron chi connectivity index (χ3n) is 3.36. The molecule has 3 N–H and O–H groups in total. The Kier molecular flexibility index (Phi) is 5.98. The average molecular weight is 331 g/mol. The van der Waals surface area contributed by atoms with Crippen LogP contribution in [0.1, 0.15) is 4.88 Å². The van der Waals surface area contributed by atoms with E-state index in [1.807, 2.05) is 12.1 Å². The zero-order valence-corrected chi connectivity index (χ0v) is 13.3. The van der Waals surface area contributed by atoms with Crippen molar-refractivity contribution < 1.29 is 9.59 Å². The quantitative estimate of drug-likeness (QED) is 0.804. The lowest BCUT2D eigenvalue weighted by Gasteiger charge is -2.34. The van der Waals surface area contributed by atoms with Crippen molar-refractivity contribution in [3.05, 3.63) is 21.3 Å². The number of amides is 2. The first-order valence-corrected chi connectivity index (χ1v) is 7.99. The summed E-state index contributed by atoms with van der Waals surface area (Å²) in [4.78, 5) is 28.3. The summed E-state index contributed by atoms with van der Waals surface area (Å²) in [6, 6.07) is 3.94. The van der Waals surface area contributed by atoms with Crippen LogP contribution in [0, 0.1) is 0 Å². The lowest BCUT2D eigenvalue weighted by Crippen LogP contribution is -2.51. The van der Waals surface area contributed by atoms with Crippen molar-refractivity contribution in [2.45, 2.75) is 6.54 Å². The van der Waals surface area contributed by atoms with Crippen LogP contribution in [-0.4, -0.2) is 60.9 Å². The molecule has 0 atom stereocenters. The molecule has 1 fully saturated rings. The second kappa shape index (κ2) is 7.74. The highest BCUT2D eigenvalue weighted by atomic mass is 35.5. The molecule has 8 heteroatoms. The SMILES string of the molecule is NCC(=O)NCC(=O)N1CCN(Cc2ccc(Cl)s2)CC1. The normalized spacial score (nSPS) is 16.0. The predicted molar refractivity (Wildman–Crippen MR) is 83.3 cm³/mol. The third kappa shape index (κ3) is 4.96. The first-order chi connectivity index (χ1) is 10.1. The van der Waals surface area contributed by atoms with Crippen molar-refractivity contribution in [1.82, 2.24) is 15.1 Å². The fraction of sp³-hybridized carbons (Fsp3) is 0.538. The van der Waals surface area contributed by atoms with Gasteiger partial charge in [-0.05, 0) is 12.1 Å². The van der Waals surface area contributed by atoms with E-state index in [-0.39, 0.29) is 24.9 Å². The molecule has 0 aliphatic carbocycles. The van der Waals surface area contributed by atoms with Crippen molar-refractivity contribution in [2.75, 3.05) is 39.3 Å². The second-order valence-corrected chi connectivity index (χ2v) is 6.64. The molecule has 0 unspecified atom stereocenters. The minimum Gasteiger partial charge on any atom is -0.346 e. The molecular formula is C13H19ClN4O2S. The van der Waals surface area contributed by atoms with Crippen LogP contribution in [0.25, 0.3) is 0 Å². The van der Waals surface area contributed by atoms with E-state index in [1.165, 1.54) is 4.88 Å². The molecule has 1 aliphatic heterocycles. The van der Waals surface area contributed by atoms with Crippen LogP contribution in [0.4, 0.5) is 0 Å². The molecule has 0 bridgehead atoms. The average Bonchev–Trinajstić information content (AvgIpc) is 2.90. The molecule has 2 rings (SSSR count). The maximum absolute atomic E-state index is 11.9. The molecule has 0 spiro atoms. The Hall–Kier alpha value is -1.15. The van der Waals surface area contributed by atoms with Gasteiger partial charge >= 0.3 is 0 Å². The monoisotopic (exact) mass is 330 g/mol. The number of nitrogens with one attached hydrogen (secondary N) is 1. The molecule has 116 valence electrons. The molecule has 0 saturated carbocycles. The topological polar surface area (TPSA) is 78.7 Å². The van der Waals surface area contributed by atoms with Gasteiger partial charge in [0, 0.05) is 37.6 Å². The summed E-state index contributed by atoms with van der Waals surface area (Å²) in [5, 5.41) is 2.50. The lowest BCUT2D eigenvalue weighted by molar-refractivity contribution is -0.134. The van der Waals surface area contributed by atoms with Crippen molar-refractivity contribution in [2.24, 2.45) is 5.73 Å². The Morgan fingerprint density at radius 3 is 2.57 bits per heavy atom. The summed E-state index contributed by atoms with van der Waals surface area (Å²) in [7, 11) is 0. The van der Waals surface area contributed by atoms with Gasteiger partial charge in [-0.1, -0.05) is 11.6 Å². The third-order valence-corrected chi connectivity index (χ3v) is 4.57. The van der Waals surface area contributed by atoms with E-state index in [9.17, 15) is 9.59 Å². The number of rotatable bonds is 5. The molecule has 0 radical (unpaired) electrons. The van der Waals surface area contributed by atoms with Gasteiger partial charge in [0.15, 0.2) is 0 Å². The van der Waals surface area contributed by atoms with E-state index in [4.69, 9.17) is 17.3 Å². The van der Waals surface area contributed by atoms with Crippen LogP contribution in [0.5, 0.6) is 0 Å². The molecule has 1 aromatic rings. The number of piperazine rings is 1. The van der Waals surface area contributed by atoms with Crippen LogP contribution in [-0.2, 0) is 16.1 Å². The highest BCUT2D eigenvalue weighted by Crippen LogP contribution is 2.23. The van der Waals surface area contributed by atoms with Crippen molar-refractivity contribution in [3.8, 4) is 0 Å². The molecular weight excluding hydrogens is 312 g/mol. The Balaban J connectivity index is 1.72. The highest BCUT2D eigenvalue weighted by Gasteiger charge is 2.21. The zero-order valence-electron chi connectivity index (χ0n) is 11.7. The van der Waals surface area contributed by atoms with E-state index < -0.39 is 0 Å². The number of hydrogen-bond donors (Lipinski definition) is 2. The summed E-state index contributed by atoms with van der Waals surface area (Å²) in [5.41, 5.74) is 5.18. The fourth-order valence-electron chi connectivity index (χ4n) is 2.17. The van der Waals surface area contributed by atoms with Crippen LogP contribution < -0.4 is 11.1 Å². The number of nitrogens with zero attached hydrogens (tertiary/aromatic N) is 2. The molecule has 1 aromatic heterocycles. The molecule has 21 heavy (non-hydrogen) atoms. The zero-order chi connectivity index (χ0) is 15.2. The van der Waals surface area contributed by atoms with Crippen molar-refractivity contribution in [3.63, 3.8) is 0 Å². The standard InChI is InChI=1S/C13H19ClN4O2S/c14-11-2-1-10(21-11)9-17-3-5-18(6-4-17)13(20)8-16-12(19)7-15/h1-2H,3-9,15H2,(H,16,19). The second-order valence-electron chi connectivity index (χ2n) is 4.84. The predicted octanol–water partition coefficient (Wildman–Crippen LogP) is 0.121. The number of halogens is 1. The lowest BCUT2D eigenvalue weighted by atomic mass is 10.3. The first kappa shape index (κ1) is 16.2. The van der Waals surface area contributed by atoms with Crippen molar-refractivity contribution in [1.29, 1.82) is 0 Å². The number of carbonyl (C=O) groups excluding carboxylic acids is 2. The largest absolute Gasteiger partial charge is 0.346 e. The van der Waals surface area contributed by atoms with Gasteiger partial charge in [-0.15, -0.1) is 11.3 Å². The van der Waals surface area contributed by atoms with Gasteiger partial charge in [0.25, 0.3) is 0 Å². The highest BCUT2D eigenvalue weighted by molar-refractivity contribution is 7.16. The Bertz CT molecular complexity index is 500. The molecule has 1 aliphatic rings. The van der Waals surface area contributed by atoms with Gasteiger partial charge in [-0.25, -0.2) is 0 Å². The van der Waals surface area contributed by atoms with Gasteiger partial charge in [0.05, 0.1) is 17.4 Å². The van der Waals surface area contributed by atoms with Crippen LogP contribution in [0.2, 0.25) is 4.34 Å². The van der Waals surface area contributed by atoms with Gasteiger partial charge in [-0.2, -0.15) is 0 Å². The molecule has 2 heterocycles. The summed E-state index contributed by atoms with van der Waals surface area (Å²) in [5.74, 6) is -0.368. The number of carbonyl (C=O) groups is 2. The number of thiophene rings is 1. The molecule has 2 amide bonds. The molecule has 0 aromatic carbocycles. The number of nitrogens with two attached hydrogens (primary N) is 1. The van der Waals surface area contributed by atoms with E-state index in [2.05, 4.69) is 10.2 Å². The van der Waals surface area contributed by atoms with Gasteiger partial charge in [-0.3, -0.25) is 14.5 Å². The minimum atomic E-state index is -0.309. The fourth-order valence-corrected chi connectivity index (χ4v) is 3.30. The van der Waals surface area contributed by atoms with Gasteiger partial charge in [0.1, 0.15) is 0 Å². The van der Waals surface area contributed by atoms with Crippen LogP contribution >= 0.6 is 22.9 Å². The maximum Gasteiger partial charge on any atom is 0.242 e. The van der Waals surface area contributed by atoms with E-state index in [0.29, 0.717) is 13.1 Å². The number of hydrogen-bond acceptors (Lipinski definition) is 5. The van der Waals surface area contributed by atoms with Gasteiger partial charge < -0.3 is 16.0 Å². The minimum absolute atomic E-state index is 0.0244.